The van der Waals surface area contributed by atoms with E-state index >= 15 is 0 Å². The molecule has 5 heteroatoms. The minimum Gasteiger partial charge on any atom is -0.378 e. The molecule has 1 aliphatic rings. The highest BCUT2D eigenvalue weighted by molar-refractivity contribution is 5.93. The van der Waals surface area contributed by atoms with Crippen LogP contribution in [-0.2, 0) is 9.53 Å². The third-order valence-corrected chi connectivity index (χ3v) is 5.32. The molecule has 0 saturated carbocycles. The van der Waals surface area contributed by atoms with E-state index in [1.807, 2.05) is 25.1 Å². The molecule has 5 nitrogen and oxygen atoms in total. The summed E-state index contributed by atoms with van der Waals surface area (Å²) >= 11 is 0. The quantitative estimate of drug-likeness (QED) is 0.774. The summed E-state index contributed by atoms with van der Waals surface area (Å²) in [5.41, 5.74) is 3.26. The number of quaternary nitrogens is 1. The van der Waals surface area contributed by atoms with Crippen LogP contribution in [0.2, 0.25) is 0 Å². The average molecular weight is 383 g/mol. The molecule has 0 aliphatic carbocycles. The normalized spacial score (nSPS) is 16.6. The fourth-order valence-electron chi connectivity index (χ4n) is 3.63. The molecule has 2 atom stereocenters. The predicted octanol–water partition coefficient (Wildman–Crippen LogP) is 2.81. The topological polar surface area (TPSA) is 58.2 Å². The summed E-state index contributed by atoms with van der Waals surface area (Å²) in [6, 6.07) is 18.6. The molecule has 2 aromatic rings. The lowest BCUT2D eigenvalue weighted by atomic mass is 9.95. The van der Waals surface area contributed by atoms with E-state index in [-0.39, 0.29) is 18.0 Å². The van der Waals surface area contributed by atoms with E-state index in [9.17, 15) is 4.79 Å². The van der Waals surface area contributed by atoms with Crippen molar-refractivity contribution in [3.63, 3.8) is 0 Å². The first-order valence-corrected chi connectivity index (χ1v) is 10.2. The highest BCUT2D eigenvalue weighted by Crippen LogP contribution is 2.20. The molecule has 0 bridgehead atoms. The third-order valence-electron chi connectivity index (χ3n) is 5.32. The number of carbonyl (C=O) groups is 1. The Balaban J connectivity index is 1.58. The molecule has 3 rings (SSSR count). The molecule has 2 aromatic carbocycles. The van der Waals surface area contributed by atoms with Crippen LogP contribution in [0, 0.1) is 5.92 Å². The van der Waals surface area contributed by atoms with Gasteiger partial charge in [-0.25, -0.2) is 0 Å². The average Bonchev–Trinajstić information content (AvgIpc) is 2.73. The van der Waals surface area contributed by atoms with Gasteiger partial charge in [0.1, 0.15) is 6.04 Å². The summed E-state index contributed by atoms with van der Waals surface area (Å²) in [4.78, 5) is 15.0. The molecule has 1 fully saturated rings. The van der Waals surface area contributed by atoms with Gasteiger partial charge in [-0.1, -0.05) is 44.2 Å². The molecule has 1 aliphatic heterocycles. The van der Waals surface area contributed by atoms with Crippen molar-refractivity contribution in [2.24, 2.45) is 5.92 Å². The van der Waals surface area contributed by atoms with Crippen LogP contribution in [0.15, 0.2) is 54.6 Å². The fraction of sp³-hybridized carbons (Fsp3) is 0.435. The number of hydrogen-bond acceptors (Lipinski definition) is 3. The van der Waals surface area contributed by atoms with Crippen LogP contribution >= 0.6 is 0 Å². The van der Waals surface area contributed by atoms with Gasteiger partial charge in [0.2, 0.25) is 0 Å². The Labute approximate surface area is 168 Å². The van der Waals surface area contributed by atoms with Crippen molar-refractivity contribution in [1.29, 1.82) is 0 Å². The van der Waals surface area contributed by atoms with Crippen molar-refractivity contribution in [2.75, 3.05) is 36.5 Å². The molecule has 1 heterocycles. The zero-order valence-electron chi connectivity index (χ0n) is 17.1. The largest absolute Gasteiger partial charge is 0.378 e. The number of ether oxygens (including phenoxy) is 1. The first kappa shape index (κ1) is 20.4. The summed E-state index contributed by atoms with van der Waals surface area (Å²) in [6.45, 7) is 9.72. The lowest BCUT2D eigenvalue weighted by Crippen LogP contribution is -2.93. The van der Waals surface area contributed by atoms with Crippen LogP contribution in [0.4, 0.5) is 11.4 Å². The highest BCUT2D eigenvalue weighted by Gasteiger charge is 2.25. The van der Waals surface area contributed by atoms with Gasteiger partial charge in [-0.2, -0.15) is 0 Å². The van der Waals surface area contributed by atoms with Crippen LogP contribution in [0.25, 0.3) is 0 Å². The summed E-state index contributed by atoms with van der Waals surface area (Å²) in [7, 11) is 0. The number of rotatable bonds is 7. The van der Waals surface area contributed by atoms with E-state index in [1.54, 1.807) is 0 Å². The number of nitrogens with zero attached hydrogens (tertiary/aromatic N) is 1. The highest BCUT2D eigenvalue weighted by atomic mass is 16.5. The molecule has 0 aromatic heterocycles. The van der Waals surface area contributed by atoms with Gasteiger partial charge >= 0.3 is 0 Å². The van der Waals surface area contributed by atoms with Crippen molar-refractivity contribution in [2.45, 2.75) is 32.9 Å². The van der Waals surface area contributed by atoms with Crippen molar-refractivity contribution in [3.8, 4) is 0 Å². The summed E-state index contributed by atoms with van der Waals surface area (Å²) in [5, 5.41) is 5.22. The SMILES string of the molecule is CC(C)[C@H]([NH2+][C@@H](C)C(=O)Nc1ccc(N2CCOCC2)cc1)c1ccccc1. The Bertz CT molecular complexity index is 740. The number of nitrogens with one attached hydrogen (secondary N) is 1. The molecule has 0 unspecified atom stereocenters. The summed E-state index contributed by atoms with van der Waals surface area (Å²) in [6.07, 6.45) is 0. The van der Waals surface area contributed by atoms with Crippen molar-refractivity contribution < 1.29 is 14.8 Å². The molecular formula is C23H32N3O2+. The summed E-state index contributed by atoms with van der Waals surface area (Å²) < 4.78 is 5.40. The van der Waals surface area contributed by atoms with E-state index in [2.05, 4.69) is 65.8 Å². The van der Waals surface area contributed by atoms with Crippen LogP contribution in [0.3, 0.4) is 0 Å². The number of carbonyl (C=O) groups excluding carboxylic acids is 1. The predicted molar refractivity (Wildman–Crippen MR) is 114 cm³/mol. The molecule has 150 valence electrons. The van der Waals surface area contributed by atoms with E-state index in [1.165, 1.54) is 11.3 Å². The van der Waals surface area contributed by atoms with Gasteiger partial charge in [0.05, 0.1) is 13.2 Å². The van der Waals surface area contributed by atoms with Crippen LogP contribution < -0.4 is 15.5 Å². The standard InChI is InChI=1S/C23H31N3O2/c1-17(2)22(19-7-5-4-6-8-19)24-18(3)23(27)25-20-9-11-21(12-10-20)26-13-15-28-16-14-26/h4-12,17-18,22,24H,13-16H2,1-3H3,(H,25,27)/p+1/t18-,22-/m0/s1. The Kier molecular flexibility index (Phi) is 7.06. The van der Waals surface area contributed by atoms with Crippen molar-refractivity contribution >= 4 is 17.3 Å². The Morgan fingerprint density at radius 2 is 1.64 bits per heavy atom. The second kappa shape index (κ2) is 9.71. The number of anilines is 2. The minimum atomic E-state index is -0.175. The van der Waals surface area contributed by atoms with Crippen molar-refractivity contribution in [3.05, 3.63) is 60.2 Å². The van der Waals surface area contributed by atoms with E-state index in [0.29, 0.717) is 5.92 Å². The number of hydrogen-bond donors (Lipinski definition) is 2. The summed E-state index contributed by atoms with van der Waals surface area (Å²) in [5.74, 6) is 0.464. The Morgan fingerprint density at radius 1 is 1.00 bits per heavy atom. The Morgan fingerprint density at radius 3 is 2.25 bits per heavy atom. The van der Waals surface area contributed by atoms with E-state index in [4.69, 9.17) is 4.74 Å². The molecule has 28 heavy (non-hydrogen) atoms. The third kappa shape index (κ3) is 5.33. The zero-order valence-corrected chi connectivity index (χ0v) is 17.1. The monoisotopic (exact) mass is 382 g/mol. The molecule has 1 saturated heterocycles. The van der Waals surface area contributed by atoms with Gasteiger partial charge in [-0.3, -0.25) is 4.79 Å². The minimum absolute atomic E-state index is 0.0284. The Hall–Kier alpha value is -2.37. The van der Waals surface area contributed by atoms with Gasteiger partial charge in [-0.15, -0.1) is 0 Å². The number of amides is 1. The first-order valence-electron chi connectivity index (χ1n) is 10.2. The molecular weight excluding hydrogens is 350 g/mol. The van der Waals surface area contributed by atoms with Crippen molar-refractivity contribution in [1.82, 2.24) is 0 Å². The van der Waals surface area contributed by atoms with E-state index < -0.39 is 0 Å². The van der Waals surface area contributed by atoms with Gasteiger partial charge < -0.3 is 20.3 Å². The maximum Gasteiger partial charge on any atom is 0.282 e. The van der Waals surface area contributed by atoms with Gasteiger partial charge in [0.15, 0.2) is 6.04 Å². The lowest BCUT2D eigenvalue weighted by Gasteiger charge is -2.29. The second-order valence-corrected chi connectivity index (χ2v) is 7.80. The molecule has 3 N–H and O–H groups in total. The maximum atomic E-state index is 12.7. The number of nitrogens with two attached hydrogens (primary N) is 1. The number of morpholine rings is 1. The lowest BCUT2D eigenvalue weighted by molar-refractivity contribution is -0.718. The van der Waals surface area contributed by atoms with E-state index in [0.717, 1.165) is 32.0 Å². The molecule has 0 radical (unpaired) electrons. The molecule has 1 amide bonds. The van der Waals surface area contributed by atoms with Gasteiger partial charge in [0, 0.05) is 35.9 Å². The maximum absolute atomic E-state index is 12.7. The first-order chi connectivity index (χ1) is 13.5. The van der Waals surface area contributed by atoms with Gasteiger partial charge in [-0.05, 0) is 31.2 Å². The molecule has 0 spiro atoms. The fourth-order valence-corrected chi connectivity index (χ4v) is 3.63. The van der Waals surface area contributed by atoms with Crippen LogP contribution in [0.5, 0.6) is 0 Å². The van der Waals surface area contributed by atoms with Crippen LogP contribution in [0.1, 0.15) is 32.4 Å². The van der Waals surface area contributed by atoms with Gasteiger partial charge in [0.25, 0.3) is 5.91 Å². The van der Waals surface area contributed by atoms with Crippen LogP contribution in [-0.4, -0.2) is 38.3 Å². The second-order valence-electron chi connectivity index (χ2n) is 7.80. The zero-order chi connectivity index (χ0) is 19.9. The number of benzene rings is 2. The smallest absolute Gasteiger partial charge is 0.282 e.